The SMILES string of the molecule is CC(C)(C)c1ccc(C(C)(C)C)c(C(=O)c2ccc(Oc3ccc(OC(F)(F)C(F)(F)S(=O)(=O)O)cc3)cc2)c1. The third kappa shape index (κ3) is 6.64. The Morgan fingerprint density at radius 3 is 1.65 bits per heavy atom. The molecule has 3 aromatic carbocycles. The second-order valence-corrected chi connectivity index (χ2v) is 12.8. The topological polar surface area (TPSA) is 89.9 Å². The Kier molecular flexibility index (Phi) is 8.17. The molecule has 0 saturated carbocycles. The molecule has 0 fully saturated rings. The minimum Gasteiger partial charge on any atom is -0.457 e. The van der Waals surface area contributed by atoms with Crippen LogP contribution in [0.2, 0.25) is 0 Å². The van der Waals surface area contributed by atoms with E-state index in [1.165, 1.54) is 0 Å². The summed E-state index contributed by atoms with van der Waals surface area (Å²) in [6.45, 7) is 12.3. The van der Waals surface area contributed by atoms with E-state index in [9.17, 15) is 30.8 Å². The average molecular weight is 583 g/mol. The Labute approximate surface area is 230 Å². The van der Waals surface area contributed by atoms with Crippen molar-refractivity contribution in [1.29, 1.82) is 0 Å². The number of halogens is 4. The Balaban J connectivity index is 1.79. The number of alkyl halides is 4. The summed E-state index contributed by atoms with van der Waals surface area (Å²) in [5, 5.41) is -5.87. The van der Waals surface area contributed by atoms with Crippen molar-refractivity contribution in [3.63, 3.8) is 0 Å². The average Bonchev–Trinajstić information content (AvgIpc) is 2.83. The van der Waals surface area contributed by atoms with Crippen molar-refractivity contribution in [3.05, 3.63) is 89.0 Å². The maximum atomic E-state index is 13.7. The number of rotatable bonds is 8. The van der Waals surface area contributed by atoms with E-state index >= 15 is 0 Å². The zero-order valence-corrected chi connectivity index (χ0v) is 23.6. The van der Waals surface area contributed by atoms with Crippen LogP contribution in [0.25, 0.3) is 0 Å². The minimum atomic E-state index is -6.43. The highest BCUT2D eigenvalue weighted by molar-refractivity contribution is 7.86. The number of hydrogen-bond donors (Lipinski definition) is 1. The van der Waals surface area contributed by atoms with Crippen molar-refractivity contribution in [2.24, 2.45) is 0 Å². The summed E-state index contributed by atoms with van der Waals surface area (Å²) in [6, 6.07) is 16.2. The van der Waals surface area contributed by atoms with Gasteiger partial charge in [-0.1, -0.05) is 53.7 Å². The molecular weight excluding hydrogens is 552 g/mol. The molecule has 0 spiro atoms. The lowest BCUT2D eigenvalue weighted by Gasteiger charge is -2.26. The molecular formula is C29H30F4O6S. The van der Waals surface area contributed by atoms with Gasteiger partial charge in [-0.2, -0.15) is 26.0 Å². The van der Waals surface area contributed by atoms with E-state index in [0.29, 0.717) is 16.9 Å². The van der Waals surface area contributed by atoms with E-state index < -0.39 is 27.2 Å². The molecule has 1 N–H and O–H groups in total. The van der Waals surface area contributed by atoms with Crippen LogP contribution in [0.5, 0.6) is 17.2 Å². The van der Waals surface area contributed by atoms with Gasteiger partial charge >= 0.3 is 21.5 Å². The van der Waals surface area contributed by atoms with Gasteiger partial charge in [0.15, 0.2) is 5.78 Å². The highest BCUT2D eigenvalue weighted by atomic mass is 32.2. The molecule has 0 unspecified atom stereocenters. The van der Waals surface area contributed by atoms with Crippen LogP contribution in [-0.4, -0.2) is 30.1 Å². The van der Waals surface area contributed by atoms with E-state index in [2.05, 4.69) is 25.5 Å². The summed E-state index contributed by atoms with van der Waals surface area (Å²) in [5.41, 5.74) is 2.53. The molecule has 11 heteroatoms. The third-order valence-electron chi connectivity index (χ3n) is 6.02. The van der Waals surface area contributed by atoms with Gasteiger partial charge in [-0.25, -0.2) is 0 Å². The molecule has 0 radical (unpaired) electrons. The first-order valence-electron chi connectivity index (χ1n) is 12.1. The molecule has 0 aromatic heterocycles. The predicted octanol–water partition coefficient (Wildman–Crippen LogP) is 7.76. The molecule has 3 rings (SSSR count). The van der Waals surface area contributed by atoms with E-state index in [-0.39, 0.29) is 22.4 Å². The summed E-state index contributed by atoms with van der Waals surface area (Å²) in [6.07, 6.45) is -5.54. The largest absolute Gasteiger partial charge is 0.483 e. The molecule has 0 aliphatic rings. The fourth-order valence-electron chi connectivity index (χ4n) is 3.75. The number of hydrogen-bond acceptors (Lipinski definition) is 5. The van der Waals surface area contributed by atoms with Crippen LogP contribution in [0.4, 0.5) is 17.6 Å². The van der Waals surface area contributed by atoms with E-state index in [1.807, 2.05) is 39.0 Å². The van der Waals surface area contributed by atoms with Crippen molar-refractivity contribution >= 4 is 15.9 Å². The second-order valence-electron chi connectivity index (χ2n) is 11.3. The van der Waals surface area contributed by atoms with Gasteiger partial charge in [-0.05, 0) is 76.6 Å². The summed E-state index contributed by atoms with van der Waals surface area (Å²) >= 11 is 0. The lowest BCUT2D eigenvalue weighted by atomic mass is 9.78. The fourth-order valence-corrected chi connectivity index (χ4v) is 4.09. The second kappa shape index (κ2) is 10.5. The third-order valence-corrected chi connectivity index (χ3v) is 6.91. The Bertz CT molecular complexity index is 1490. The van der Waals surface area contributed by atoms with Gasteiger partial charge in [0, 0.05) is 11.1 Å². The lowest BCUT2D eigenvalue weighted by Crippen LogP contribution is -2.50. The number of carbonyl (C=O) groups excluding carboxylic acids is 1. The highest BCUT2D eigenvalue weighted by Gasteiger charge is 2.69. The molecule has 6 nitrogen and oxygen atoms in total. The maximum Gasteiger partial charge on any atom is 0.483 e. The van der Waals surface area contributed by atoms with E-state index in [4.69, 9.17) is 9.29 Å². The van der Waals surface area contributed by atoms with Crippen LogP contribution in [0.1, 0.15) is 68.6 Å². The monoisotopic (exact) mass is 582 g/mol. The molecule has 216 valence electrons. The van der Waals surface area contributed by atoms with Crippen molar-refractivity contribution in [2.75, 3.05) is 0 Å². The zero-order chi connectivity index (χ0) is 30.3. The Morgan fingerprint density at radius 2 is 1.20 bits per heavy atom. The molecule has 0 aliphatic carbocycles. The smallest absolute Gasteiger partial charge is 0.457 e. The van der Waals surface area contributed by atoms with Crippen LogP contribution in [0, 0.1) is 0 Å². The van der Waals surface area contributed by atoms with Gasteiger partial charge < -0.3 is 9.47 Å². The van der Waals surface area contributed by atoms with Crippen molar-refractivity contribution in [3.8, 4) is 17.2 Å². The Morgan fingerprint density at radius 1 is 0.725 bits per heavy atom. The number of ketones is 1. The van der Waals surface area contributed by atoms with Crippen LogP contribution in [0.15, 0.2) is 66.7 Å². The molecule has 0 atom stereocenters. The van der Waals surface area contributed by atoms with Gasteiger partial charge in [0.05, 0.1) is 0 Å². The minimum absolute atomic E-state index is 0.115. The van der Waals surface area contributed by atoms with Crippen molar-refractivity contribution in [2.45, 2.75) is 63.7 Å². The molecule has 0 saturated heterocycles. The molecule has 0 bridgehead atoms. The van der Waals surface area contributed by atoms with E-state index in [0.717, 1.165) is 35.4 Å². The first-order chi connectivity index (χ1) is 18.1. The molecule has 0 heterocycles. The van der Waals surface area contributed by atoms with Gasteiger partial charge in [0.1, 0.15) is 17.2 Å². The van der Waals surface area contributed by atoms with Gasteiger partial charge in [-0.3, -0.25) is 9.35 Å². The normalized spacial score (nSPS) is 13.2. The number of benzene rings is 3. The summed E-state index contributed by atoms with van der Waals surface area (Å²) in [4.78, 5) is 13.5. The van der Waals surface area contributed by atoms with Crippen molar-refractivity contribution in [1.82, 2.24) is 0 Å². The lowest BCUT2D eigenvalue weighted by molar-refractivity contribution is -0.274. The molecule has 40 heavy (non-hydrogen) atoms. The number of ether oxygens (including phenoxy) is 2. The van der Waals surface area contributed by atoms with Crippen LogP contribution in [0.3, 0.4) is 0 Å². The highest BCUT2D eigenvalue weighted by Crippen LogP contribution is 2.40. The van der Waals surface area contributed by atoms with Crippen LogP contribution in [-0.2, 0) is 20.9 Å². The van der Waals surface area contributed by atoms with Gasteiger partial charge in [0.2, 0.25) is 0 Å². The van der Waals surface area contributed by atoms with Crippen LogP contribution < -0.4 is 9.47 Å². The fraction of sp³-hybridized carbons (Fsp3) is 0.345. The quantitative estimate of drug-likeness (QED) is 0.166. The molecule has 0 aliphatic heterocycles. The zero-order valence-electron chi connectivity index (χ0n) is 22.8. The molecule has 0 amide bonds. The standard InChI is InChI=1S/C29H30F4O6S/c1-26(2,3)19-9-16-24(27(4,5)6)23(17-19)25(34)18-7-10-20(11-8-18)38-21-12-14-22(15-13-21)39-28(30,31)29(32,33)40(35,36)37/h7-17H,1-6H3,(H,35,36,37). The van der Waals surface area contributed by atoms with Gasteiger partial charge in [-0.15, -0.1) is 0 Å². The maximum absolute atomic E-state index is 13.7. The van der Waals surface area contributed by atoms with Crippen LogP contribution >= 0.6 is 0 Å². The summed E-state index contributed by atoms with van der Waals surface area (Å²) in [5.74, 6) is -0.544. The Hall–Kier alpha value is -3.44. The summed E-state index contributed by atoms with van der Waals surface area (Å²) in [7, 11) is -6.43. The predicted molar refractivity (Wildman–Crippen MR) is 142 cm³/mol. The van der Waals surface area contributed by atoms with Gasteiger partial charge in [0.25, 0.3) is 0 Å². The summed E-state index contributed by atoms with van der Waals surface area (Å²) < 4.78 is 93.1. The van der Waals surface area contributed by atoms with E-state index in [1.54, 1.807) is 24.3 Å². The number of carbonyl (C=O) groups is 1. The van der Waals surface area contributed by atoms with Crippen molar-refractivity contribution < 1.29 is 44.8 Å². The first kappa shape index (κ1) is 31.1. The molecule has 3 aromatic rings. The first-order valence-corrected chi connectivity index (χ1v) is 13.6.